The quantitative estimate of drug-likeness (QED) is 0.794. The largest absolute Gasteiger partial charge is 0.395 e. The molecule has 1 aliphatic rings. The third kappa shape index (κ3) is 4.11. The van der Waals surface area contributed by atoms with Gasteiger partial charge in [0, 0.05) is 44.9 Å². The van der Waals surface area contributed by atoms with E-state index in [1.54, 1.807) is 16.0 Å². The van der Waals surface area contributed by atoms with Crippen molar-refractivity contribution in [2.75, 3.05) is 26.2 Å². The van der Waals surface area contributed by atoms with E-state index in [2.05, 4.69) is 4.98 Å². The van der Waals surface area contributed by atoms with Gasteiger partial charge in [-0.1, -0.05) is 30.3 Å². The molecule has 7 nitrogen and oxygen atoms in total. The number of benzene rings is 1. The average Bonchev–Trinajstić information content (AvgIpc) is 3.21. The molecule has 2 amide bonds. The van der Waals surface area contributed by atoms with Crippen LogP contribution in [0.5, 0.6) is 0 Å². The van der Waals surface area contributed by atoms with E-state index in [0.717, 1.165) is 11.4 Å². The van der Waals surface area contributed by atoms with Gasteiger partial charge in [-0.25, -0.2) is 4.98 Å². The zero-order valence-electron chi connectivity index (χ0n) is 14.9. The lowest BCUT2D eigenvalue weighted by Crippen LogP contribution is -2.42. The first kappa shape index (κ1) is 18.1. The molecule has 0 bridgehead atoms. The number of nitrogens with zero attached hydrogens (tertiary/aromatic N) is 4. The summed E-state index contributed by atoms with van der Waals surface area (Å²) in [7, 11) is 1.86. The number of carbonyl (C=O) groups excluding carboxylic acids is 2. The van der Waals surface area contributed by atoms with Crippen molar-refractivity contribution in [1.82, 2.24) is 19.4 Å². The lowest BCUT2D eigenvalue weighted by molar-refractivity contribution is -0.139. The number of amides is 2. The van der Waals surface area contributed by atoms with Crippen LogP contribution in [0.3, 0.4) is 0 Å². The number of aliphatic hydroxyl groups excluding tert-OH is 1. The lowest BCUT2D eigenvalue weighted by atomic mass is 9.99. The van der Waals surface area contributed by atoms with Crippen LogP contribution in [0.25, 0.3) is 0 Å². The monoisotopic (exact) mass is 356 g/mol. The van der Waals surface area contributed by atoms with Crippen molar-refractivity contribution in [3.8, 4) is 0 Å². The summed E-state index contributed by atoms with van der Waals surface area (Å²) in [5, 5.41) is 9.29. The van der Waals surface area contributed by atoms with Crippen molar-refractivity contribution in [3.63, 3.8) is 0 Å². The highest BCUT2D eigenvalue weighted by molar-refractivity contribution is 5.86. The van der Waals surface area contributed by atoms with Crippen LogP contribution < -0.4 is 0 Å². The van der Waals surface area contributed by atoms with Crippen LogP contribution in [0, 0.1) is 0 Å². The predicted molar refractivity (Wildman–Crippen MR) is 96.1 cm³/mol. The van der Waals surface area contributed by atoms with Gasteiger partial charge in [-0.2, -0.15) is 0 Å². The summed E-state index contributed by atoms with van der Waals surface area (Å²) in [5.41, 5.74) is 1.12. The summed E-state index contributed by atoms with van der Waals surface area (Å²) in [6.07, 6.45) is 3.91. The van der Waals surface area contributed by atoms with Gasteiger partial charge >= 0.3 is 0 Å². The average molecular weight is 356 g/mol. The van der Waals surface area contributed by atoms with Gasteiger partial charge in [0.25, 0.3) is 0 Å². The van der Waals surface area contributed by atoms with Crippen molar-refractivity contribution in [2.45, 2.75) is 18.9 Å². The van der Waals surface area contributed by atoms with Gasteiger partial charge in [0.1, 0.15) is 5.82 Å². The fourth-order valence-electron chi connectivity index (χ4n) is 3.27. The van der Waals surface area contributed by atoms with E-state index in [1.165, 1.54) is 0 Å². The van der Waals surface area contributed by atoms with Crippen molar-refractivity contribution in [3.05, 3.63) is 54.1 Å². The third-order valence-electron chi connectivity index (χ3n) is 4.79. The molecule has 1 saturated heterocycles. The molecule has 138 valence electrons. The maximum absolute atomic E-state index is 12.7. The molecule has 1 atom stereocenters. The van der Waals surface area contributed by atoms with Crippen molar-refractivity contribution in [1.29, 1.82) is 0 Å². The Bertz CT molecular complexity index is 759. The number of imidazole rings is 1. The zero-order valence-corrected chi connectivity index (χ0v) is 14.9. The highest BCUT2D eigenvalue weighted by atomic mass is 16.3. The Kier molecular flexibility index (Phi) is 5.68. The summed E-state index contributed by atoms with van der Waals surface area (Å²) in [5.74, 6) is 0.677. The maximum atomic E-state index is 12.7. The van der Waals surface area contributed by atoms with E-state index < -0.39 is 0 Å². The first-order chi connectivity index (χ1) is 12.6. The first-order valence-electron chi connectivity index (χ1n) is 8.76. The van der Waals surface area contributed by atoms with Gasteiger partial charge in [-0.15, -0.1) is 0 Å². The Morgan fingerprint density at radius 3 is 2.77 bits per heavy atom. The lowest BCUT2D eigenvalue weighted by Gasteiger charge is -2.25. The van der Waals surface area contributed by atoms with E-state index in [-0.39, 0.29) is 37.4 Å². The maximum Gasteiger partial charge on any atom is 0.242 e. The number of likely N-dealkylation sites (tertiary alicyclic amines) is 1. The number of rotatable bonds is 7. The summed E-state index contributed by atoms with van der Waals surface area (Å²) >= 11 is 0. The summed E-state index contributed by atoms with van der Waals surface area (Å²) in [4.78, 5) is 32.4. The molecule has 0 spiro atoms. The van der Waals surface area contributed by atoms with E-state index in [9.17, 15) is 14.7 Å². The van der Waals surface area contributed by atoms with Crippen LogP contribution in [0.1, 0.15) is 23.7 Å². The standard InChI is InChI=1S/C19H24N4O3/c1-21-8-7-20-17(21)13-22(9-10-24)19(26)14-23-12-16(11-18(23)25)15-5-3-2-4-6-15/h2-8,16,24H,9-14H2,1H3. The normalized spacial score (nSPS) is 16.9. The van der Waals surface area contributed by atoms with Gasteiger partial charge in [-0.05, 0) is 5.56 Å². The Balaban J connectivity index is 1.63. The molecule has 1 N–H and O–H groups in total. The Labute approximate surface area is 152 Å². The number of aliphatic hydroxyl groups is 1. The number of hydrogen-bond acceptors (Lipinski definition) is 4. The molecule has 1 aliphatic heterocycles. The van der Waals surface area contributed by atoms with Crippen LogP contribution in [0.2, 0.25) is 0 Å². The van der Waals surface area contributed by atoms with Crippen molar-refractivity contribution >= 4 is 11.8 Å². The molecule has 3 rings (SSSR count). The molecular formula is C19H24N4O3. The molecule has 1 aromatic carbocycles. The van der Waals surface area contributed by atoms with E-state index >= 15 is 0 Å². The summed E-state index contributed by atoms with van der Waals surface area (Å²) < 4.78 is 1.84. The Hall–Kier alpha value is -2.67. The van der Waals surface area contributed by atoms with Gasteiger partial charge in [0.2, 0.25) is 11.8 Å². The fourth-order valence-corrected chi connectivity index (χ4v) is 3.27. The van der Waals surface area contributed by atoms with Crippen molar-refractivity contribution in [2.24, 2.45) is 7.05 Å². The minimum absolute atomic E-state index is 0.00635. The third-order valence-corrected chi connectivity index (χ3v) is 4.79. The predicted octanol–water partition coefficient (Wildman–Crippen LogP) is 0.757. The molecule has 26 heavy (non-hydrogen) atoms. The molecule has 7 heteroatoms. The molecule has 1 fully saturated rings. The SMILES string of the molecule is Cn1ccnc1CN(CCO)C(=O)CN1CC(c2ccccc2)CC1=O. The number of hydrogen-bond donors (Lipinski definition) is 1. The Morgan fingerprint density at radius 2 is 2.12 bits per heavy atom. The highest BCUT2D eigenvalue weighted by Crippen LogP contribution is 2.27. The minimum Gasteiger partial charge on any atom is -0.395 e. The van der Waals surface area contributed by atoms with Crippen LogP contribution >= 0.6 is 0 Å². The van der Waals surface area contributed by atoms with Crippen LogP contribution in [-0.2, 0) is 23.2 Å². The molecular weight excluding hydrogens is 332 g/mol. The van der Waals surface area contributed by atoms with Gasteiger partial charge in [0.15, 0.2) is 0 Å². The van der Waals surface area contributed by atoms with E-state index in [4.69, 9.17) is 0 Å². The van der Waals surface area contributed by atoms with E-state index in [1.807, 2.05) is 48.1 Å². The van der Waals surface area contributed by atoms with Crippen LogP contribution in [0.4, 0.5) is 0 Å². The number of aryl methyl sites for hydroxylation is 1. The second-order valence-electron chi connectivity index (χ2n) is 6.58. The molecule has 0 saturated carbocycles. The van der Waals surface area contributed by atoms with Gasteiger partial charge < -0.3 is 19.5 Å². The zero-order chi connectivity index (χ0) is 18.5. The molecule has 1 aromatic heterocycles. The topological polar surface area (TPSA) is 78.7 Å². The van der Waals surface area contributed by atoms with Crippen LogP contribution in [0.15, 0.2) is 42.7 Å². The van der Waals surface area contributed by atoms with Crippen molar-refractivity contribution < 1.29 is 14.7 Å². The minimum atomic E-state index is -0.177. The second-order valence-corrected chi connectivity index (χ2v) is 6.58. The van der Waals surface area contributed by atoms with Crippen LogP contribution in [-0.4, -0.2) is 62.5 Å². The number of carbonyl (C=O) groups is 2. The van der Waals surface area contributed by atoms with Gasteiger partial charge in [-0.3, -0.25) is 9.59 Å². The second kappa shape index (κ2) is 8.14. The molecule has 2 aromatic rings. The molecule has 0 aliphatic carbocycles. The highest BCUT2D eigenvalue weighted by Gasteiger charge is 2.32. The molecule has 1 unspecified atom stereocenters. The Morgan fingerprint density at radius 1 is 1.35 bits per heavy atom. The number of aromatic nitrogens is 2. The fraction of sp³-hybridized carbons (Fsp3) is 0.421. The molecule has 2 heterocycles. The summed E-state index contributed by atoms with van der Waals surface area (Å²) in [6.45, 7) is 0.982. The van der Waals surface area contributed by atoms with Gasteiger partial charge in [0.05, 0.1) is 19.7 Å². The molecule has 0 radical (unpaired) electrons. The first-order valence-corrected chi connectivity index (χ1v) is 8.76. The smallest absolute Gasteiger partial charge is 0.242 e. The summed E-state index contributed by atoms with van der Waals surface area (Å²) in [6, 6.07) is 9.91. The van der Waals surface area contributed by atoms with E-state index in [0.29, 0.717) is 19.5 Å².